The quantitative estimate of drug-likeness (QED) is 0.804. The van der Waals surface area contributed by atoms with E-state index in [0.717, 1.165) is 43.2 Å². The summed E-state index contributed by atoms with van der Waals surface area (Å²) in [4.78, 5) is 20.5. The summed E-state index contributed by atoms with van der Waals surface area (Å²) < 4.78 is 0. The average Bonchev–Trinajstić information content (AvgIpc) is 2.97. The van der Waals surface area contributed by atoms with Crippen LogP contribution < -0.4 is 9.80 Å². The molecule has 0 amide bonds. The lowest BCUT2D eigenvalue weighted by atomic mass is 10.3. The highest BCUT2D eigenvalue weighted by atomic mass is 32.1. The van der Waals surface area contributed by atoms with Crippen molar-refractivity contribution in [1.29, 1.82) is 0 Å². The number of rotatable bonds is 3. The number of nitrogens with zero attached hydrogens (tertiary/aromatic N) is 3. The molecule has 0 radical (unpaired) electrons. The number of anilines is 2. The van der Waals surface area contributed by atoms with Crippen molar-refractivity contribution < 1.29 is 4.79 Å². The molecule has 0 aliphatic carbocycles. The third-order valence-corrected chi connectivity index (χ3v) is 4.36. The molecule has 1 aliphatic rings. The average molecular weight is 273 g/mol. The number of aldehydes is 1. The Bertz CT molecular complexity index is 547. The van der Waals surface area contributed by atoms with Crippen molar-refractivity contribution in [3.8, 4) is 0 Å². The fourth-order valence-corrected chi connectivity index (χ4v) is 3.15. The molecular weight excluding hydrogens is 258 g/mol. The van der Waals surface area contributed by atoms with Crippen molar-refractivity contribution in [1.82, 2.24) is 4.98 Å². The lowest BCUT2D eigenvalue weighted by Gasteiger charge is -2.35. The second kappa shape index (κ2) is 5.40. The summed E-state index contributed by atoms with van der Waals surface area (Å²) in [5, 5.41) is 1.18. The first-order valence-corrected chi connectivity index (χ1v) is 7.14. The van der Waals surface area contributed by atoms with Crippen LogP contribution in [-0.4, -0.2) is 37.4 Å². The van der Waals surface area contributed by atoms with Gasteiger partial charge in [-0.25, -0.2) is 4.98 Å². The summed E-state index contributed by atoms with van der Waals surface area (Å²) >= 11 is 1.56. The van der Waals surface area contributed by atoms with Crippen LogP contribution >= 0.6 is 11.3 Å². The molecule has 3 rings (SSSR count). The molecule has 0 saturated carbocycles. The molecule has 3 heterocycles. The Morgan fingerprint density at radius 1 is 1.05 bits per heavy atom. The van der Waals surface area contributed by atoms with E-state index in [2.05, 4.69) is 14.8 Å². The van der Waals surface area contributed by atoms with Crippen molar-refractivity contribution in [2.75, 3.05) is 36.0 Å². The number of piperazine rings is 1. The van der Waals surface area contributed by atoms with E-state index in [1.165, 1.54) is 5.00 Å². The Hall–Kier alpha value is -1.88. The molecule has 4 nitrogen and oxygen atoms in total. The zero-order valence-electron chi connectivity index (χ0n) is 10.5. The summed E-state index contributed by atoms with van der Waals surface area (Å²) in [7, 11) is 0. The van der Waals surface area contributed by atoms with Crippen molar-refractivity contribution in [3.63, 3.8) is 0 Å². The second-order valence-electron chi connectivity index (χ2n) is 4.46. The molecule has 1 fully saturated rings. The molecule has 0 atom stereocenters. The van der Waals surface area contributed by atoms with E-state index in [4.69, 9.17) is 0 Å². The van der Waals surface area contributed by atoms with E-state index in [-0.39, 0.29) is 0 Å². The Balaban J connectivity index is 1.65. The standard InChI is InChI=1S/C14H15N3OS/c18-11-12-4-5-14(19-12)17-9-7-16(8-10-17)13-3-1-2-6-15-13/h1-6,11H,7-10H2. The van der Waals surface area contributed by atoms with Gasteiger partial charge in [0.1, 0.15) is 5.82 Å². The van der Waals surface area contributed by atoms with E-state index in [1.807, 2.05) is 36.5 Å². The van der Waals surface area contributed by atoms with Gasteiger partial charge in [-0.15, -0.1) is 11.3 Å². The van der Waals surface area contributed by atoms with Crippen LogP contribution in [0.5, 0.6) is 0 Å². The van der Waals surface area contributed by atoms with Gasteiger partial charge in [0.05, 0.1) is 9.88 Å². The van der Waals surface area contributed by atoms with E-state index in [0.29, 0.717) is 0 Å². The Labute approximate surface area is 116 Å². The SMILES string of the molecule is O=Cc1ccc(N2CCN(c3ccccn3)CC2)s1. The Morgan fingerprint density at radius 3 is 2.47 bits per heavy atom. The molecule has 0 unspecified atom stereocenters. The topological polar surface area (TPSA) is 36.4 Å². The molecule has 0 aromatic carbocycles. The highest BCUT2D eigenvalue weighted by Gasteiger charge is 2.19. The molecule has 0 N–H and O–H groups in total. The minimum Gasteiger partial charge on any atom is -0.360 e. The number of thiophene rings is 1. The fourth-order valence-electron chi connectivity index (χ4n) is 2.27. The molecule has 98 valence electrons. The first-order valence-electron chi connectivity index (χ1n) is 6.33. The van der Waals surface area contributed by atoms with Gasteiger partial charge in [-0.1, -0.05) is 6.07 Å². The van der Waals surface area contributed by atoms with Gasteiger partial charge in [0.2, 0.25) is 0 Å². The molecule has 1 aliphatic heterocycles. The van der Waals surface area contributed by atoms with Crippen LogP contribution in [0.1, 0.15) is 9.67 Å². The van der Waals surface area contributed by atoms with Crippen molar-refractivity contribution >= 4 is 28.4 Å². The zero-order chi connectivity index (χ0) is 13.1. The van der Waals surface area contributed by atoms with Gasteiger partial charge in [-0.2, -0.15) is 0 Å². The van der Waals surface area contributed by atoms with Gasteiger partial charge >= 0.3 is 0 Å². The number of hydrogen-bond donors (Lipinski definition) is 0. The van der Waals surface area contributed by atoms with Gasteiger partial charge < -0.3 is 9.80 Å². The summed E-state index contributed by atoms with van der Waals surface area (Å²) in [5.41, 5.74) is 0. The lowest BCUT2D eigenvalue weighted by Crippen LogP contribution is -2.46. The molecule has 2 aromatic heterocycles. The van der Waals surface area contributed by atoms with Crippen molar-refractivity contribution in [2.24, 2.45) is 0 Å². The third-order valence-electron chi connectivity index (χ3n) is 3.29. The van der Waals surface area contributed by atoms with E-state index in [9.17, 15) is 4.79 Å². The third kappa shape index (κ3) is 2.61. The summed E-state index contributed by atoms with van der Waals surface area (Å²) in [6.07, 6.45) is 2.75. The maximum Gasteiger partial charge on any atom is 0.160 e. The van der Waals surface area contributed by atoms with Crippen LogP contribution in [0.3, 0.4) is 0 Å². The maximum atomic E-state index is 10.7. The molecular formula is C14H15N3OS. The normalized spacial score (nSPS) is 15.6. The number of carbonyl (C=O) groups excluding carboxylic acids is 1. The lowest BCUT2D eigenvalue weighted by molar-refractivity contribution is 0.112. The Kier molecular flexibility index (Phi) is 3.46. The van der Waals surface area contributed by atoms with Crippen LogP contribution in [0.25, 0.3) is 0 Å². The summed E-state index contributed by atoms with van der Waals surface area (Å²) in [6, 6.07) is 9.92. The number of carbonyl (C=O) groups is 1. The molecule has 2 aromatic rings. The smallest absolute Gasteiger partial charge is 0.160 e. The monoisotopic (exact) mass is 273 g/mol. The number of aromatic nitrogens is 1. The van der Waals surface area contributed by atoms with Crippen LogP contribution in [0.4, 0.5) is 10.8 Å². The van der Waals surface area contributed by atoms with Crippen LogP contribution in [0.2, 0.25) is 0 Å². The predicted octanol–water partition coefficient (Wildman–Crippen LogP) is 2.28. The molecule has 19 heavy (non-hydrogen) atoms. The van der Waals surface area contributed by atoms with E-state index in [1.54, 1.807) is 11.3 Å². The molecule has 5 heteroatoms. The van der Waals surface area contributed by atoms with Gasteiger partial charge in [0.25, 0.3) is 0 Å². The maximum absolute atomic E-state index is 10.7. The first kappa shape index (κ1) is 12.2. The molecule has 0 spiro atoms. The first-order chi connectivity index (χ1) is 9.36. The van der Waals surface area contributed by atoms with Gasteiger partial charge in [0, 0.05) is 32.4 Å². The van der Waals surface area contributed by atoms with Crippen molar-refractivity contribution in [3.05, 3.63) is 41.4 Å². The molecule has 0 bridgehead atoms. The fraction of sp³-hybridized carbons (Fsp3) is 0.286. The number of hydrogen-bond acceptors (Lipinski definition) is 5. The van der Waals surface area contributed by atoms with Gasteiger partial charge in [-0.05, 0) is 24.3 Å². The van der Waals surface area contributed by atoms with E-state index < -0.39 is 0 Å². The second-order valence-corrected chi connectivity index (χ2v) is 5.55. The van der Waals surface area contributed by atoms with Gasteiger partial charge in [-0.3, -0.25) is 4.79 Å². The van der Waals surface area contributed by atoms with Crippen LogP contribution in [-0.2, 0) is 0 Å². The van der Waals surface area contributed by atoms with E-state index >= 15 is 0 Å². The highest BCUT2D eigenvalue weighted by molar-refractivity contribution is 7.17. The van der Waals surface area contributed by atoms with Gasteiger partial charge in [0.15, 0.2) is 6.29 Å². The van der Waals surface area contributed by atoms with Crippen molar-refractivity contribution in [2.45, 2.75) is 0 Å². The number of pyridine rings is 1. The largest absolute Gasteiger partial charge is 0.360 e. The zero-order valence-corrected chi connectivity index (χ0v) is 11.3. The minimum absolute atomic E-state index is 0.794. The molecule has 1 saturated heterocycles. The highest BCUT2D eigenvalue weighted by Crippen LogP contribution is 2.26. The predicted molar refractivity (Wildman–Crippen MR) is 78.4 cm³/mol. The van der Waals surface area contributed by atoms with Crippen LogP contribution in [0, 0.1) is 0 Å². The summed E-state index contributed by atoms with van der Waals surface area (Å²) in [6.45, 7) is 3.86. The minimum atomic E-state index is 0.794. The van der Waals surface area contributed by atoms with Crippen LogP contribution in [0.15, 0.2) is 36.5 Å². The summed E-state index contributed by atoms with van der Waals surface area (Å²) in [5.74, 6) is 1.04. The Morgan fingerprint density at radius 2 is 1.84 bits per heavy atom.